The smallest absolute Gasteiger partial charge is 0.213 e. The van der Waals surface area contributed by atoms with Crippen LogP contribution in [0.25, 0.3) is 11.3 Å². The number of benzene rings is 2. The van der Waals surface area contributed by atoms with Crippen LogP contribution in [0, 0.1) is 0 Å². The zero-order chi connectivity index (χ0) is 23.0. The maximum Gasteiger partial charge on any atom is 0.213 e. The lowest BCUT2D eigenvalue weighted by Gasteiger charge is -2.28. The summed E-state index contributed by atoms with van der Waals surface area (Å²) < 4.78 is 23.3. The van der Waals surface area contributed by atoms with Crippen molar-refractivity contribution >= 4 is 0 Å². The average Bonchev–Trinajstić information content (AvgIpc) is 2.84. The van der Waals surface area contributed by atoms with Gasteiger partial charge in [0.1, 0.15) is 25.1 Å². The summed E-state index contributed by atoms with van der Waals surface area (Å²) in [4.78, 5) is 6.65. The van der Waals surface area contributed by atoms with E-state index in [1.165, 1.54) is 5.56 Å². The third-order valence-corrected chi connectivity index (χ3v) is 5.33. The van der Waals surface area contributed by atoms with Crippen molar-refractivity contribution in [3.05, 3.63) is 66.2 Å². The Morgan fingerprint density at radius 3 is 2.67 bits per heavy atom. The molecule has 1 aromatic heterocycles. The van der Waals surface area contributed by atoms with Gasteiger partial charge in [-0.05, 0) is 50.0 Å². The first-order valence-electron chi connectivity index (χ1n) is 11.1. The Hall–Kier alpha value is -3.29. The van der Waals surface area contributed by atoms with E-state index in [2.05, 4.69) is 27.3 Å². The van der Waals surface area contributed by atoms with Gasteiger partial charge in [-0.2, -0.15) is 0 Å². The molecule has 1 N–H and O–H groups in total. The minimum atomic E-state index is -0.0992. The van der Waals surface area contributed by atoms with E-state index in [0.717, 1.165) is 41.6 Å². The molecule has 3 aromatic rings. The fourth-order valence-electron chi connectivity index (χ4n) is 3.54. The monoisotopic (exact) mass is 449 g/mol. The van der Waals surface area contributed by atoms with Crippen molar-refractivity contribution in [2.24, 2.45) is 0 Å². The van der Waals surface area contributed by atoms with Gasteiger partial charge in [-0.3, -0.25) is 0 Å². The summed E-state index contributed by atoms with van der Waals surface area (Å²) in [5, 5.41) is 3.47. The van der Waals surface area contributed by atoms with Gasteiger partial charge in [0.2, 0.25) is 5.88 Å². The molecular weight excluding hydrogens is 418 g/mol. The molecule has 174 valence electrons. The zero-order valence-electron chi connectivity index (χ0n) is 19.4. The van der Waals surface area contributed by atoms with Crippen LogP contribution >= 0.6 is 0 Å². The molecule has 0 spiro atoms. The summed E-state index contributed by atoms with van der Waals surface area (Å²) in [5.41, 5.74) is 2.87. The Morgan fingerprint density at radius 1 is 1.06 bits per heavy atom. The van der Waals surface area contributed by atoms with Crippen LogP contribution in [0.3, 0.4) is 0 Å². The molecule has 1 unspecified atom stereocenters. The van der Waals surface area contributed by atoms with E-state index >= 15 is 0 Å². The molecule has 4 rings (SSSR count). The molecule has 0 fully saturated rings. The van der Waals surface area contributed by atoms with E-state index < -0.39 is 0 Å². The normalized spacial score (nSPS) is 14.8. The first-order chi connectivity index (χ1) is 16.1. The predicted octanol–water partition coefficient (Wildman–Crippen LogP) is 3.63. The SMILES string of the molecule is COc1cccc(-c2cccc3c2OC(CNCc2ccc(OCCN(C)C)cc2)CO3)n1. The molecule has 2 aromatic carbocycles. The van der Waals surface area contributed by atoms with Gasteiger partial charge in [-0.15, -0.1) is 0 Å². The number of fused-ring (bicyclic) bond motifs is 1. The third-order valence-electron chi connectivity index (χ3n) is 5.33. The molecule has 0 bridgehead atoms. The Morgan fingerprint density at radius 2 is 1.88 bits per heavy atom. The number of ether oxygens (including phenoxy) is 4. The molecule has 1 aliphatic rings. The maximum atomic E-state index is 6.32. The fourth-order valence-corrected chi connectivity index (χ4v) is 3.54. The summed E-state index contributed by atoms with van der Waals surface area (Å²) in [6.07, 6.45) is -0.0992. The third kappa shape index (κ3) is 6.15. The number of pyridine rings is 1. The molecule has 1 atom stereocenters. The van der Waals surface area contributed by atoms with Gasteiger partial charge in [0.05, 0.1) is 12.8 Å². The lowest BCUT2D eigenvalue weighted by Crippen LogP contribution is -2.38. The van der Waals surface area contributed by atoms with Gasteiger partial charge >= 0.3 is 0 Å². The highest BCUT2D eigenvalue weighted by Gasteiger charge is 2.24. The highest BCUT2D eigenvalue weighted by Crippen LogP contribution is 2.40. The van der Waals surface area contributed by atoms with Crippen molar-refractivity contribution < 1.29 is 18.9 Å². The number of hydrogen-bond donors (Lipinski definition) is 1. The predicted molar refractivity (Wildman–Crippen MR) is 128 cm³/mol. The van der Waals surface area contributed by atoms with Gasteiger partial charge in [-0.25, -0.2) is 4.98 Å². The van der Waals surface area contributed by atoms with E-state index in [1.807, 2.05) is 62.6 Å². The standard InChI is InChI=1S/C26H31N3O4/c1-29(2)14-15-31-20-12-10-19(11-13-20)16-27-17-21-18-32-24-8-4-6-22(26(24)33-21)23-7-5-9-25(28-23)30-3/h4-13,21,27H,14-18H2,1-3H3. The van der Waals surface area contributed by atoms with Gasteiger partial charge in [0.25, 0.3) is 0 Å². The second-order valence-corrected chi connectivity index (χ2v) is 8.18. The van der Waals surface area contributed by atoms with Crippen molar-refractivity contribution in [3.63, 3.8) is 0 Å². The van der Waals surface area contributed by atoms with Crippen LogP contribution in [0.1, 0.15) is 5.56 Å². The molecule has 2 heterocycles. The highest BCUT2D eigenvalue weighted by molar-refractivity contribution is 5.71. The lowest BCUT2D eigenvalue weighted by molar-refractivity contribution is 0.0909. The van der Waals surface area contributed by atoms with E-state index in [-0.39, 0.29) is 6.10 Å². The molecule has 0 radical (unpaired) electrons. The molecule has 7 nitrogen and oxygen atoms in total. The Kier molecular flexibility index (Phi) is 7.65. The largest absolute Gasteiger partial charge is 0.492 e. The number of nitrogens with zero attached hydrogens (tertiary/aromatic N) is 2. The van der Waals surface area contributed by atoms with Crippen LogP contribution in [-0.2, 0) is 6.54 Å². The van der Waals surface area contributed by atoms with Crippen molar-refractivity contribution in [3.8, 4) is 34.4 Å². The first kappa shape index (κ1) is 22.9. The Labute approximate surface area is 195 Å². The van der Waals surface area contributed by atoms with Crippen molar-refractivity contribution in [1.82, 2.24) is 15.2 Å². The zero-order valence-corrected chi connectivity index (χ0v) is 19.4. The van der Waals surface area contributed by atoms with Crippen LogP contribution in [-0.4, -0.2) is 63.5 Å². The van der Waals surface area contributed by atoms with E-state index in [1.54, 1.807) is 7.11 Å². The first-order valence-corrected chi connectivity index (χ1v) is 11.1. The maximum absolute atomic E-state index is 6.32. The van der Waals surface area contributed by atoms with Gasteiger partial charge in [-0.1, -0.05) is 24.3 Å². The second kappa shape index (κ2) is 11.0. The van der Waals surface area contributed by atoms with Crippen molar-refractivity contribution in [1.29, 1.82) is 0 Å². The molecule has 0 saturated carbocycles. The minimum Gasteiger partial charge on any atom is -0.492 e. The topological polar surface area (TPSA) is 65.1 Å². The van der Waals surface area contributed by atoms with Crippen molar-refractivity contribution in [2.45, 2.75) is 12.6 Å². The Balaban J connectivity index is 1.32. The van der Waals surface area contributed by atoms with Gasteiger partial charge in [0.15, 0.2) is 11.5 Å². The van der Waals surface area contributed by atoms with Crippen LogP contribution in [0.5, 0.6) is 23.1 Å². The molecule has 0 amide bonds. The average molecular weight is 450 g/mol. The molecule has 0 saturated heterocycles. The van der Waals surface area contributed by atoms with Crippen LogP contribution in [0.4, 0.5) is 0 Å². The highest BCUT2D eigenvalue weighted by atomic mass is 16.6. The molecule has 1 aliphatic heterocycles. The fraction of sp³-hybridized carbons (Fsp3) is 0.346. The summed E-state index contributed by atoms with van der Waals surface area (Å²) in [5.74, 6) is 2.91. The molecule has 7 heteroatoms. The van der Waals surface area contributed by atoms with Crippen LogP contribution in [0.15, 0.2) is 60.7 Å². The van der Waals surface area contributed by atoms with E-state index in [4.69, 9.17) is 18.9 Å². The van der Waals surface area contributed by atoms with Gasteiger partial charge < -0.3 is 29.2 Å². The summed E-state index contributed by atoms with van der Waals surface area (Å²) in [6.45, 7) is 3.47. The summed E-state index contributed by atoms with van der Waals surface area (Å²) >= 11 is 0. The number of para-hydroxylation sites is 1. The summed E-state index contributed by atoms with van der Waals surface area (Å²) in [7, 11) is 5.68. The molecule has 33 heavy (non-hydrogen) atoms. The molecular formula is C26H31N3O4. The number of nitrogens with one attached hydrogen (secondary N) is 1. The van der Waals surface area contributed by atoms with Crippen LogP contribution in [0.2, 0.25) is 0 Å². The number of hydrogen-bond acceptors (Lipinski definition) is 7. The number of aromatic nitrogens is 1. The van der Waals surface area contributed by atoms with Crippen LogP contribution < -0.4 is 24.3 Å². The molecule has 0 aliphatic carbocycles. The lowest BCUT2D eigenvalue weighted by atomic mass is 10.1. The number of methoxy groups -OCH3 is 1. The Bertz CT molecular complexity index is 1040. The quantitative estimate of drug-likeness (QED) is 0.507. The van der Waals surface area contributed by atoms with Crippen molar-refractivity contribution in [2.75, 3.05) is 47.5 Å². The van der Waals surface area contributed by atoms with Gasteiger partial charge in [0, 0.05) is 31.3 Å². The summed E-state index contributed by atoms with van der Waals surface area (Å²) in [6, 6.07) is 19.7. The second-order valence-electron chi connectivity index (χ2n) is 8.18. The van der Waals surface area contributed by atoms with E-state index in [0.29, 0.717) is 25.6 Å². The number of rotatable bonds is 10. The minimum absolute atomic E-state index is 0.0992. The van der Waals surface area contributed by atoms with E-state index in [9.17, 15) is 0 Å². The number of likely N-dealkylation sites (N-methyl/N-ethyl adjacent to an activating group) is 1.